The van der Waals surface area contributed by atoms with Gasteiger partial charge in [-0.3, -0.25) is 0 Å². The van der Waals surface area contributed by atoms with E-state index in [1.807, 2.05) is 0 Å². The molecule has 0 aliphatic heterocycles. The van der Waals surface area contributed by atoms with Gasteiger partial charge in [-0.05, 0) is 6.92 Å². The van der Waals surface area contributed by atoms with Gasteiger partial charge in [-0.1, -0.05) is 6.08 Å². The maximum absolute atomic E-state index is 12.9. The first-order valence-corrected chi connectivity index (χ1v) is 4.68. The third-order valence-corrected chi connectivity index (χ3v) is 2.21. The second-order valence-electron chi connectivity index (χ2n) is 3.75. The molecule has 0 saturated carbocycles. The molecular weight excluding hydrogens is 311 g/mol. The zero-order valence-electron chi connectivity index (χ0n) is 9.54. The molecule has 0 aliphatic rings. The fraction of sp³-hybridized carbons (Fsp3) is 0.667. The third-order valence-electron chi connectivity index (χ3n) is 2.21. The molecule has 2 nitrogen and oxygen atoms in total. The molecule has 0 radical (unpaired) electrons. The van der Waals surface area contributed by atoms with E-state index in [0.717, 1.165) is 0 Å². The van der Waals surface area contributed by atoms with Crippen LogP contribution < -0.4 is 0 Å². The quantitative estimate of drug-likeness (QED) is 0.617. The summed E-state index contributed by atoms with van der Waals surface area (Å²) in [4.78, 5) is 10.2. The van der Waals surface area contributed by atoms with E-state index in [1.165, 1.54) is 0 Å². The average molecular weight is 318 g/mol. The van der Waals surface area contributed by atoms with E-state index >= 15 is 0 Å². The number of aliphatic carboxylic acids is 1. The molecule has 0 aliphatic carbocycles. The Labute approximate surface area is 105 Å². The van der Waals surface area contributed by atoms with Crippen LogP contribution in [0.15, 0.2) is 11.6 Å². The van der Waals surface area contributed by atoms with Crippen LogP contribution in [0.1, 0.15) is 13.3 Å². The van der Waals surface area contributed by atoms with E-state index in [1.54, 1.807) is 0 Å². The maximum atomic E-state index is 12.9. The van der Waals surface area contributed by atoms with Gasteiger partial charge in [0.2, 0.25) is 0 Å². The lowest BCUT2D eigenvalue weighted by Crippen LogP contribution is -2.60. The van der Waals surface area contributed by atoms with Gasteiger partial charge in [-0.15, -0.1) is 0 Å². The Morgan fingerprint density at radius 3 is 1.65 bits per heavy atom. The second-order valence-corrected chi connectivity index (χ2v) is 3.75. The molecule has 0 aromatic rings. The van der Waals surface area contributed by atoms with Crippen LogP contribution >= 0.6 is 0 Å². The number of carboxylic acids is 1. The monoisotopic (exact) mass is 318 g/mol. The lowest BCUT2D eigenvalue weighted by atomic mass is 10.00. The number of allylic oxidation sites excluding steroid dienone is 1. The SMILES string of the molecule is CC(=CCC(F)(F)C(F)(F)C(F)(F)C(F)(F)F)C(=O)O. The van der Waals surface area contributed by atoms with Gasteiger partial charge in [-0.25, -0.2) is 4.79 Å². The van der Waals surface area contributed by atoms with E-state index in [4.69, 9.17) is 5.11 Å². The van der Waals surface area contributed by atoms with Gasteiger partial charge < -0.3 is 5.11 Å². The molecule has 20 heavy (non-hydrogen) atoms. The number of rotatable bonds is 5. The molecule has 118 valence electrons. The highest BCUT2D eigenvalue weighted by molar-refractivity contribution is 5.85. The van der Waals surface area contributed by atoms with Crippen LogP contribution in [-0.4, -0.2) is 35.0 Å². The third kappa shape index (κ3) is 3.18. The van der Waals surface area contributed by atoms with Crippen molar-refractivity contribution in [2.75, 3.05) is 0 Å². The number of carboxylic acid groups (broad SMARTS) is 1. The Kier molecular flexibility index (Phi) is 4.80. The molecule has 0 saturated heterocycles. The molecule has 11 heteroatoms. The second kappa shape index (κ2) is 5.17. The number of halogens is 9. The molecule has 0 spiro atoms. The van der Waals surface area contributed by atoms with Crippen molar-refractivity contribution in [3.8, 4) is 0 Å². The summed E-state index contributed by atoms with van der Waals surface area (Å²) in [5, 5.41) is 8.24. The van der Waals surface area contributed by atoms with Gasteiger partial charge in [0.25, 0.3) is 0 Å². The Morgan fingerprint density at radius 2 is 1.35 bits per heavy atom. The van der Waals surface area contributed by atoms with Gasteiger partial charge in [0.05, 0.1) is 0 Å². The highest BCUT2D eigenvalue weighted by atomic mass is 19.4. The summed E-state index contributed by atoms with van der Waals surface area (Å²) in [6.45, 7) is 0.679. The van der Waals surface area contributed by atoms with Crippen LogP contribution in [0, 0.1) is 0 Å². The molecule has 0 heterocycles. The molecule has 0 bridgehead atoms. The van der Waals surface area contributed by atoms with E-state index < -0.39 is 41.9 Å². The van der Waals surface area contributed by atoms with Gasteiger partial charge >= 0.3 is 29.9 Å². The number of hydrogen-bond acceptors (Lipinski definition) is 1. The van der Waals surface area contributed by atoms with Crippen molar-refractivity contribution in [3.63, 3.8) is 0 Å². The molecule has 0 aromatic carbocycles. The van der Waals surface area contributed by atoms with Crippen molar-refractivity contribution in [1.29, 1.82) is 0 Å². The predicted molar refractivity (Wildman–Crippen MR) is 46.9 cm³/mol. The van der Waals surface area contributed by atoms with Gasteiger partial charge in [0.1, 0.15) is 0 Å². The van der Waals surface area contributed by atoms with Crippen molar-refractivity contribution >= 4 is 5.97 Å². The van der Waals surface area contributed by atoms with Gasteiger partial charge in [-0.2, -0.15) is 39.5 Å². The minimum absolute atomic E-state index is 0.0668. The van der Waals surface area contributed by atoms with Crippen LogP contribution in [0.25, 0.3) is 0 Å². The van der Waals surface area contributed by atoms with Crippen molar-refractivity contribution in [3.05, 3.63) is 11.6 Å². The van der Waals surface area contributed by atoms with Crippen LogP contribution in [0.3, 0.4) is 0 Å². The topological polar surface area (TPSA) is 37.3 Å². The van der Waals surface area contributed by atoms with Crippen LogP contribution in [0.2, 0.25) is 0 Å². The number of alkyl halides is 9. The average Bonchev–Trinajstić information content (AvgIpc) is 2.23. The standard InChI is InChI=1S/C9H7F9O2/c1-4(5(19)20)2-3-6(10,11)7(12,13)8(14,15)9(16,17)18/h2H,3H2,1H3,(H,19,20). The molecule has 0 rings (SSSR count). The number of hydrogen-bond donors (Lipinski definition) is 1. The Balaban J connectivity index is 5.48. The lowest BCUT2D eigenvalue weighted by molar-refractivity contribution is -0.395. The minimum atomic E-state index is -6.96. The largest absolute Gasteiger partial charge is 0.478 e. The summed E-state index contributed by atoms with van der Waals surface area (Å²) in [6.07, 6.45) is -9.24. The fourth-order valence-corrected chi connectivity index (χ4v) is 0.904. The van der Waals surface area contributed by atoms with Crippen LogP contribution in [-0.2, 0) is 4.79 Å². The molecule has 0 aromatic heterocycles. The molecular formula is C9H7F9O2. The van der Waals surface area contributed by atoms with Crippen molar-refractivity contribution in [2.24, 2.45) is 0 Å². The zero-order valence-corrected chi connectivity index (χ0v) is 9.54. The smallest absolute Gasteiger partial charge is 0.460 e. The molecule has 1 N–H and O–H groups in total. The highest BCUT2D eigenvalue weighted by Gasteiger charge is 2.81. The maximum Gasteiger partial charge on any atom is 0.460 e. The normalized spacial score (nSPS) is 15.4. The van der Waals surface area contributed by atoms with Crippen molar-refractivity contribution in [2.45, 2.75) is 37.3 Å². The van der Waals surface area contributed by atoms with E-state index in [2.05, 4.69) is 0 Å². The van der Waals surface area contributed by atoms with Crippen molar-refractivity contribution in [1.82, 2.24) is 0 Å². The molecule has 0 atom stereocenters. The summed E-state index contributed by atoms with van der Waals surface area (Å²) < 4.78 is 111. The molecule has 0 unspecified atom stereocenters. The van der Waals surface area contributed by atoms with Crippen molar-refractivity contribution < 1.29 is 49.4 Å². The Bertz CT molecular complexity index is 408. The predicted octanol–water partition coefficient (Wildman–Crippen LogP) is 3.88. The van der Waals surface area contributed by atoms with Crippen LogP contribution in [0.5, 0.6) is 0 Å². The van der Waals surface area contributed by atoms with Gasteiger partial charge in [0.15, 0.2) is 0 Å². The summed E-state index contributed by atoms with van der Waals surface area (Å²) in [6, 6.07) is 0. The van der Waals surface area contributed by atoms with E-state index in [0.29, 0.717) is 6.92 Å². The number of carbonyl (C=O) groups is 1. The highest BCUT2D eigenvalue weighted by Crippen LogP contribution is 2.54. The molecule has 0 amide bonds. The first-order valence-electron chi connectivity index (χ1n) is 4.68. The summed E-state index contributed by atoms with van der Waals surface area (Å²) in [5.74, 6) is -21.3. The zero-order chi connectivity index (χ0) is 16.6. The molecule has 0 fully saturated rings. The minimum Gasteiger partial charge on any atom is -0.478 e. The van der Waals surface area contributed by atoms with E-state index in [-0.39, 0.29) is 6.08 Å². The Morgan fingerprint density at radius 1 is 0.950 bits per heavy atom. The van der Waals surface area contributed by atoms with Crippen LogP contribution in [0.4, 0.5) is 39.5 Å². The fourth-order valence-electron chi connectivity index (χ4n) is 0.904. The van der Waals surface area contributed by atoms with Gasteiger partial charge in [0, 0.05) is 12.0 Å². The Hall–Kier alpha value is -1.42. The first-order chi connectivity index (χ1) is 8.58. The first kappa shape index (κ1) is 18.6. The lowest BCUT2D eigenvalue weighted by Gasteiger charge is -2.33. The summed E-state index contributed by atoms with van der Waals surface area (Å²) in [7, 11) is 0. The summed E-state index contributed by atoms with van der Waals surface area (Å²) in [5.41, 5.74) is -0.907. The van der Waals surface area contributed by atoms with E-state index in [9.17, 15) is 44.3 Å². The summed E-state index contributed by atoms with van der Waals surface area (Å²) >= 11 is 0.